The maximum Gasteiger partial charge on any atom is 0.339 e. The molecule has 1 aliphatic rings. The molecule has 0 unspecified atom stereocenters. The second kappa shape index (κ2) is 5.43. The Labute approximate surface area is 113 Å². The van der Waals surface area contributed by atoms with E-state index in [-0.39, 0.29) is 5.97 Å². The fourth-order valence-electron chi connectivity index (χ4n) is 2.54. The van der Waals surface area contributed by atoms with Gasteiger partial charge >= 0.3 is 5.97 Å². The summed E-state index contributed by atoms with van der Waals surface area (Å²) in [6.07, 6.45) is 6.34. The van der Waals surface area contributed by atoms with Crippen molar-refractivity contribution in [2.45, 2.75) is 64.4 Å². The van der Waals surface area contributed by atoms with Crippen molar-refractivity contribution in [1.29, 1.82) is 0 Å². The van der Waals surface area contributed by atoms with E-state index in [1.54, 1.807) is 11.3 Å². The van der Waals surface area contributed by atoms with Gasteiger partial charge in [0, 0.05) is 5.38 Å². The quantitative estimate of drug-likeness (QED) is 0.722. The molecule has 2 rings (SSSR count). The lowest BCUT2D eigenvalue weighted by Gasteiger charge is -2.23. The molecule has 0 bridgehead atoms. The zero-order valence-electron chi connectivity index (χ0n) is 11.5. The van der Waals surface area contributed by atoms with Gasteiger partial charge in [-0.25, -0.2) is 4.79 Å². The molecule has 0 atom stereocenters. The van der Waals surface area contributed by atoms with Gasteiger partial charge in [-0.05, 0) is 50.5 Å². The summed E-state index contributed by atoms with van der Waals surface area (Å²) in [5.74, 6) is 0.400. The minimum atomic E-state index is -0.414. The van der Waals surface area contributed by atoms with E-state index < -0.39 is 5.60 Å². The largest absolute Gasteiger partial charge is 0.456 e. The molecular weight excluding hydrogens is 244 g/mol. The number of esters is 1. The predicted molar refractivity (Wildman–Crippen MR) is 75.3 cm³/mol. The number of thiophene rings is 1. The average molecular weight is 266 g/mol. The minimum absolute atomic E-state index is 0.163. The van der Waals surface area contributed by atoms with E-state index in [2.05, 4.69) is 5.38 Å². The highest BCUT2D eigenvalue weighted by atomic mass is 32.1. The van der Waals surface area contributed by atoms with Crippen LogP contribution in [0.4, 0.5) is 0 Å². The Bertz CT molecular complexity index is 408. The summed E-state index contributed by atoms with van der Waals surface area (Å²) in [6, 6.07) is 0. The Morgan fingerprint density at radius 1 is 1.22 bits per heavy atom. The SMILES string of the molecule is CC(C)(C)OC(=O)c1cscc1C1CCCCC1. The molecule has 1 saturated carbocycles. The molecule has 100 valence electrons. The fourth-order valence-corrected chi connectivity index (χ4v) is 3.44. The summed E-state index contributed by atoms with van der Waals surface area (Å²) in [6.45, 7) is 5.74. The van der Waals surface area contributed by atoms with Crippen LogP contribution < -0.4 is 0 Å². The van der Waals surface area contributed by atoms with E-state index in [0.29, 0.717) is 5.92 Å². The van der Waals surface area contributed by atoms with E-state index in [0.717, 1.165) is 5.56 Å². The molecule has 3 heteroatoms. The summed E-state index contributed by atoms with van der Waals surface area (Å²) >= 11 is 1.61. The van der Waals surface area contributed by atoms with Crippen molar-refractivity contribution >= 4 is 17.3 Å². The van der Waals surface area contributed by atoms with Crippen LogP contribution in [0.15, 0.2) is 10.8 Å². The number of carbonyl (C=O) groups is 1. The van der Waals surface area contributed by atoms with Crippen LogP contribution in [0.3, 0.4) is 0 Å². The van der Waals surface area contributed by atoms with Gasteiger partial charge in [0.05, 0.1) is 5.56 Å². The van der Waals surface area contributed by atoms with Crippen molar-refractivity contribution in [2.75, 3.05) is 0 Å². The van der Waals surface area contributed by atoms with E-state index in [1.165, 1.54) is 37.7 Å². The molecule has 2 nitrogen and oxygen atoms in total. The molecule has 0 N–H and O–H groups in total. The highest BCUT2D eigenvalue weighted by molar-refractivity contribution is 7.08. The van der Waals surface area contributed by atoms with Gasteiger partial charge in [0.25, 0.3) is 0 Å². The van der Waals surface area contributed by atoms with Crippen molar-refractivity contribution in [3.63, 3.8) is 0 Å². The third-order valence-corrected chi connectivity index (χ3v) is 4.12. The van der Waals surface area contributed by atoms with Gasteiger partial charge in [-0.15, -0.1) is 0 Å². The first kappa shape index (κ1) is 13.6. The lowest BCUT2D eigenvalue weighted by molar-refractivity contribution is 0.00682. The van der Waals surface area contributed by atoms with Crippen molar-refractivity contribution in [1.82, 2.24) is 0 Å². The molecular formula is C15H22O2S. The Balaban J connectivity index is 2.14. The molecule has 0 radical (unpaired) electrons. The number of carbonyl (C=O) groups excluding carboxylic acids is 1. The first-order valence-electron chi connectivity index (χ1n) is 6.77. The molecule has 1 aromatic rings. The third kappa shape index (κ3) is 3.35. The van der Waals surface area contributed by atoms with Crippen LogP contribution in [0.2, 0.25) is 0 Å². The normalized spacial score (nSPS) is 17.7. The molecule has 1 aromatic heterocycles. The van der Waals surface area contributed by atoms with Gasteiger partial charge in [-0.2, -0.15) is 11.3 Å². The lowest BCUT2D eigenvalue weighted by Crippen LogP contribution is -2.24. The Morgan fingerprint density at radius 2 is 1.89 bits per heavy atom. The van der Waals surface area contributed by atoms with Crippen molar-refractivity contribution < 1.29 is 9.53 Å². The molecule has 18 heavy (non-hydrogen) atoms. The first-order chi connectivity index (χ1) is 8.47. The number of rotatable bonds is 2. The summed E-state index contributed by atoms with van der Waals surface area (Å²) in [5.41, 5.74) is 1.60. The maximum absolute atomic E-state index is 12.2. The monoisotopic (exact) mass is 266 g/mol. The molecule has 1 aliphatic carbocycles. The van der Waals surface area contributed by atoms with Crippen molar-refractivity contribution in [2.24, 2.45) is 0 Å². The fraction of sp³-hybridized carbons (Fsp3) is 0.667. The smallest absolute Gasteiger partial charge is 0.339 e. The molecule has 0 aromatic carbocycles. The van der Waals surface area contributed by atoms with E-state index in [4.69, 9.17) is 4.74 Å². The summed E-state index contributed by atoms with van der Waals surface area (Å²) in [7, 11) is 0. The maximum atomic E-state index is 12.2. The molecule has 0 aliphatic heterocycles. The van der Waals surface area contributed by atoms with Crippen molar-refractivity contribution in [3.8, 4) is 0 Å². The summed E-state index contributed by atoms with van der Waals surface area (Å²) in [4.78, 5) is 12.2. The molecule has 0 amide bonds. The molecule has 1 heterocycles. The van der Waals surface area contributed by atoms with Crippen LogP contribution in [0, 0.1) is 0 Å². The van der Waals surface area contributed by atoms with Crippen LogP contribution in [0.1, 0.15) is 74.7 Å². The highest BCUT2D eigenvalue weighted by Gasteiger charge is 2.25. The molecule has 0 spiro atoms. The molecule has 0 saturated heterocycles. The number of ether oxygens (including phenoxy) is 1. The van der Waals surface area contributed by atoms with Gasteiger partial charge < -0.3 is 4.74 Å². The third-order valence-electron chi connectivity index (χ3n) is 3.36. The topological polar surface area (TPSA) is 26.3 Å². The highest BCUT2D eigenvalue weighted by Crippen LogP contribution is 2.36. The molecule has 1 fully saturated rings. The Morgan fingerprint density at radius 3 is 2.50 bits per heavy atom. The second-order valence-corrected chi connectivity index (χ2v) is 6.82. The Hall–Kier alpha value is -0.830. The van der Waals surface area contributed by atoms with E-state index in [1.807, 2.05) is 26.2 Å². The minimum Gasteiger partial charge on any atom is -0.456 e. The zero-order chi connectivity index (χ0) is 13.2. The van der Waals surface area contributed by atoms with Crippen LogP contribution in [-0.2, 0) is 4.74 Å². The van der Waals surface area contributed by atoms with Gasteiger partial charge in [0.15, 0.2) is 0 Å². The van der Waals surface area contributed by atoms with Gasteiger partial charge in [0.1, 0.15) is 5.60 Å². The van der Waals surface area contributed by atoms with E-state index in [9.17, 15) is 4.79 Å². The van der Waals surface area contributed by atoms with Gasteiger partial charge in [-0.3, -0.25) is 0 Å². The predicted octanol–water partition coefficient (Wildman–Crippen LogP) is 4.75. The van der Waals surface area contributed by atoms with Gasteiger partial charge in [0.2, 0.25) is 0 Å². The zero-order valence-corrected chi connectivity index (χ0v) is 12.3. The summed E-state index contributed by atoms with van der Waals surface area (Å²) in [5, 5.41) is 4.08. The number of hydrogen-bond acceptors (Lipinski definition) is 3. The first-order valence-corrected chi connectivity index (χ1v) is 7.71. The van der Waals surface area contributed by atoms with Crippen LogP contribution in [-0.4, -0.2) is 11.6 Å². The standard InChI is InChI=1S/C15H22O2S/c1-15(2,3)17-14(16)13-10-18-9-12(13)11-7-5-4-6-8-11/h9-11H,4-8H2,1-3H3. The summed E-state index contributed by atoms with van der Waals surface area (Å²) < 4.78 is 5.48. The lowest BCUT2D eigenvalue weighted by atomic mass is 9.84. The van der Waals surface area contributed by atoms with Crippen LogP contribution in [0.25, 0.3) is 0 Å². The van der Waals surface area contributed by atoms with Crippen LogP contribution >= 0.6 is 11.3 Å². The van der Waals surface area contributed by atoms with Crippen LogP contribution in [0.5, 0.6) is 0 Å². The van der Waals surface area contributed by atoms with Crippen molar-refractivity contribution in [3.05, 3.63) is 21.9 Å². The number of hydrogen-bond donors (Lipinski definition) is 0. The Kier molecular flexibility index (Phi) is 4.10. The average Bonchev–Trinajstić information content (AvgIpc) is 2.76. The van der Waals surface area contributed by atoms with E-state index >= 15 is 0 Å². The van der Waals surface area contributed by atoms with Gasteiger partial charge in [-0.1, -0.05) is 19.3 Å². The second-order valence-electron chi connectivity index (χ2n) is 6.08.